The van der Waals surface area contributed by atoms with Gasteiger partial charge in [-0.2, -0.15) is 5.10 Å². The van der Waals surface area contributed by atoms with Crippen LogP contribution in [0.2, 0.25) is 0 Å². The van der Waals surface area contributed by atoms with Crippen molar-refractivity contribution < 1.29 is 0 Å². The zero-order chi connectivity index (χ0) is 16.7. The average molecular weight is 321 g/mol. The fourth-order valence-corrected chi connectivity index (χ4v) is 2.65. The highest BCUT2D eigenvalue weighted by Crippen LogP contribution is 2.22. The number of imidazole rings is 1. The summed E-state index contributed by atoms with van der Waals surface area (Å²) in [5.74, 6) is 0.642. The molecule has 0 spiro atoms. The summed E-state index contributed by atoms with van der Waals surface area (Å²) in [5.41, 5.74) is 9.25. The zero-order valence-corrected chi connectivity index (χ0v) is 12.9. The van der Waals surface area contributed by atoms with Gasteiger partial charge in [-0.05, 0) is 18.1 Å². The first-order valence-corrected chi connectivity index (χ1v) is 7.44. The van der Waals surface area contributed by atoms with Gasteiger partial charge in [-0.25, -0.2) is 14.8 Å². The SMILES string of the molecule is Cc1cn[nH]c1-c1nc(N)c2[nH]c(=O)n(Cc3ccccc3)c2n1. The highest BCUT2D eigenvalue weighted by atomic mass is 16.1. The van der Waals surface area contributed by atoms with E-state index in [9.17, 15) is 4.79 Å². The number of H-pyrrole nitrogens is 2. The lowest BCUT2D eigenvalue weighted by Gasteiger charge is -2.05. The summed E-state index contributed by atoms with van der Waals surface area (Å²) in [7, 11) is 0. The van der Waals surface area contributed by atoms with Gasteiger partial charge in [0.1, 0.15) is 11.2 Å². The van der Waals surface area contributed by atoms with Crippen molar-refractivity contribution in [1.82, 2.24) is 29.7 Å². The molecule has 4 rings (SSSR count). The van der Waals surface area contributed by atoms with E-state index in [-0.39, 0.29) is 11.5 Å². The lowest BCUT2D eigenvalue weighted by molar-refractivity contribution is 0.777. The molecule has 4 N–H and O–H groups in total. The van der Waals surface area contributed by atoms with E-state index >= 15 is 0 Å². The van der Waals surface area contributed by atoms with Crippen LogP contribution in [-0.2, 0) is 6.54 Å². The van der Waals surface area contributed by atoms with E-state index in [1.165, 1.54) is 0 Å². The molecule has 0 aliphatic heterocycles. The third-order valence-corrected chi connectivity index (χ3v) is 3.89. The highest BCUT2D eigenvalue weighted by Gasteiger charge is 2.16. The van der Waals surface area contributed by atoms with E-state index in [4.69, 9.17) is 5.73 Å². The van der Waals surface area contributed by atoms with Crippen molar-refractivity contribution in [2.75, 3.05) is 5.73 Å². The molecule has 0 radical (unpaired) electrons. The molecule has 3 aromatic heterocycles. The van der Waals surface area contributed by atoms with Crippen LogP contribution >= 0.6 is 0 Å². The maximum Gasteiger partial charge on any atom is 0.328 e. The predicted octanol–water partition coefficient (Wildman–Crippen LogP) is 1.45. The molecule has 0 fully saturated rings. The van der Waals surface area contributed by atoms with Crippen LogP contribution in [0.4, 0.5) is 5.82 Å². The Balaban J connectivity index is 1.91. The van der Waals surface area contributed by atoms with Crippen LogP contribution in [0, 0.1) is 6.92 Å². The minimum atomic E-state index is -0.270. The normalized spacial score (nSPS) is 11.2. The maximum atomic E-state index is 12.3. The van der Waals surface area contributed by atoms with Crippen molar-refractivity contribution >= 4 is 17.0 Å². The topological polar surface area (TPSA) is 118 Å². The fourth-order valence-electron chi connectivity index (χ4n) is 2.65. The molecule has 0 aliphatic rings. The molecule has 0 amide bonds. The summed E-state index contributed by atoms with van der Waals surface area (Å²) in [6, 6.07) is 9.70. The van der Waals surface area contributed by atoms with Gasteiger partial charge in [0, 0.05) is 0 Å². The van der Waals surface area contributed by atoms with Gasteiger partial charge in [-0.1, -0.05) is 30.3 Å². The van der Waals surface area contributed by atoms with Crippen LogP contribution in [0.25, 0.3) is 22.7 Å². The van der Waals surface area contributed by atoms with E-state index in [0.29, 0.717) is 29.2 Å². The number of aryl methyl sites for hydroxylation is 1. The number of nitrogens with two attached hydrogens (primary N) is 1. The van der Waals surface area contributed by atoms with Gasteiger partial charge in [-0.15, -0.1) is 0 Å². The minimum Gasteiger partial charge on any atom is -0.382 e. The molecule has 3 heterocycles. The van der Waals surface area contributed by atoms with Gasteiger partial charge in [0.25, 0.3) is 0 Å². The van der Waals surface area contributed by atoms with Gasteiger partial charge in [-0.3, -0.25) is 9.67 Å². The van der Waals surface area contributed by atoms with E-state index < -0.39 is 0 Å². The third-order valence-electron chi connectivity index (χ3n) is 3.89. The Morgan fingerprint density at radius 1 is 1.21 bits per heavy atom. The van der Waals surface area contributed by atoms with E-state index in [2.05, 4.69) is 25.1 Å². The van der Waals surface area contributed by atoms with Crippen molar-refractivity contribution in [3.05, 3.63) is 58.1 Å². The molecular formula is C16H15N7O. The molecule has 0 bridgehead atoms. The summed E-state index contributed by atoms with van der Waals surface area (Å²) in [6.45, 7) is 2.30. The number of anilines is 1. The Kier molecular flexibility index (Phi) is 3.16. The number of nitrogens with zero attached hydrogens (tertiary/aromatic N) is 4. The van der Waals surface area contributed by atoms with Gasteiger partial charge < -0.3 is 10.7 Å². The molecule has 24 heavy (non-hydrogen) atoms. The number of aromatic amines is 2. The van der Waals surface area contributed by atoms with Crippen LogP contribution in [0.5, 0.6) is 0 Å². The van der Waals surface area contributed by atoms with Crippen LogP contribution in [-0.4, -0.2) is 29.7 Å². The predicted molar refractivity (Wildman–Crippen MR) is 90.4 cm³/mol. The van der Waals surface area contributed by atoms with Gasteiger partial charge in [0.2, 0.25) is 0 Å². The van der Waals surface area contributed by atoms with E-state index in [1.807, 2.05) is 37.3 Å². The first-order valence-electron chi connectivity index (χ1n) is 7.44. The van der Waals surface area contributed by atoms with Gasteiger partial charge in [0.05, 0.1) is 12.7 Å². The standard InChI is InChI=1S/C16H15N7O/c1-9-7-18-22-11(9)14-20-13(17)12-15(21-14)23(16(24)19-12)8-10-5-3-2-4-6-10/h2-7H,8H2,1H3,(H,18,22)(H,19,24)(H2,17,20,21). The van der Waals surface area contributed by atoms with Gasteiger partial charge in [0.15, 0.2) is 17.3 Å². The van der Waals surface area contributed by atoms with Crippen LogP contribution in [0.15, 0.2) is 41.3 Å². The number of aromatic nitrogens is 6. The van der Waals surface area contributed by atoms with Gasteiger partial charge >= 0.3 is 5.69 Å². The second-order valence-electron chi connectivity index (χ2n) is 5.56. The van der Waals surface area contributed by atoms with Crippen molar-refractivity contribution in [2.24, 2.45) is 0 Å². The Labute approximate surface area is 136 Å². The molecule has 0 saturated heterocycles. The third kappa shape index (κ3) is 2.24. The number of fused-ring (bicyclic) bond motifs is 1. The Hall–Kier alpha value is -3.42. The molecule has 0 aliphatic carbocycles. The van der Waals surface area contributed by atoms with Crippen molar-refractivity contribution in [1.29, 1.82) is 0 Å². The number of nitrogen functional groups attached to an aromatic ring is 1. The fraction of sp³-hybridized carbons (Fsp3) is 0.125. The van der Waals surface area contributed by atoms with Crippen molar-refractivity contribution in [3.63, 3.8) is 0 Å². The highest BCUT2D eigenvalue weighted by molar-refractivity contribution is 5.83. The van der Waals surface area contributed by atoms with Crippen molar-refractivity contribution in [2.45, 2.75) is 13.5 Å². The van der Waals surface area contributed by atoms with Crippen molar-refractivity contribution in [3.8, 4) is 11.5 Å². The Bertz CT molecular complexity index is 1070. The van der Waals surface area contributed by atoms with E-state index in [0.717, 1.165) is 11.1 Å². The van der Waals surface area contributed by atoms with Crippen LogP contribution in [0.3, 0.4) is 0 Å². The monoisotopic (exact) mass is 321 g/mol. The number of hydrogen-bond acceptors (Lipinski definition) is 5. The minimum absolute atomic E-state index is 0.230. The first-order chi connectivity index (χ1) is 11.6. The molecule has 0 saturated carbocycles. The Morgan fingerprint density at radius 2 is 2.00 bits per heavy atom. The summed E-state index contributed by atoms with van der Waals surface area (Å²) in [6.07, 6.45) is 1.69. The second-order valence-corrected chi connectivity index (χ2v) is 5.56. The average Bonchev–Trinajstić information content (AvgIpc) is 3.13. The molecule has 0 atom stereocenters. The second kappa shape index (κ2) is 5.34. The summed E-state index contributed by atoms with van der Waals surface area (Å²) >= 11 is 0. The van der Waals surface area contributed by atoms with E-state index in [1.54, 1.807) is 10.8 Å². The van der Waals surface area contributed by atoms with Crippen LogP contribution < -0.4 is 11.4 Å². The zero-order valence-electron chi connectivity index (χ0n) is 12.9. The smallest absolute Gasteiger partial charge is 0.328 e. The quantitative estimate of drug-likeness (QED) is 0.528. The summed E-state index contributed by atoms with van der Waals surface area (Å²) in [5, 5.41) is 6.84. The summed E-state index contributed by atoms with van der Waals surface area (Å²) < 4.78 is 1.55. The number of nitrogens with one attached hydrogen (secondary N) is 2. The maximum absolute atomic E-state index is 12.3. The lowest BCUT2D eigenvalue weighted by Crippen LogP contribution is -2.17. The largest absolute Gasteiger partial charge is 0.382 e. The number of hydrogen-bond donors (Lipinski definition) is 3. The Morgan fingerprint density at radius 3 is 2.71 bits per heavy atom. The number of rotatable bonds is 3. The number of benzene rings is 1. The summed E-state index contributed by atoms with van der Waals surface area (Å²) in [4.78, 5) is 23.9. The lowest BCUT2D eigenvalue weighted by atomic mass is 10.2. The molecule has 1 aromatic carbocycles. The molecule has 120 valence electrons. The first kappa shape index (κ1) is 14.2. The molecular weight excluding hydrogens is 306 g/mol. The molecule has 4 aromatic rings. The molecule has 8 nitrogen and oxygen atoms in total. The van der Waals surface area contributed by atoms with Crippen LogP contribution in [0.1, 0.15) is 11.1 Å². The molecule has 8 heteroatoms. The molecule has 0 unspecified atom stereocenters.